The molecule has 0 aliphatic carbocycles. The monoisotopic (exact) mass is 623 g/mol. The van der Waals surface area contributed by atoms with Crippen LogP contribution in [0.15, 0.2) is 48.7 Å². The standard InChI is InChI=1S/C26H25F6N5O.C4H10N2/c1-16-5-3-4-6-20(16)22-21(14-34-24(35-22)37-9-7-33-8-10-37)23(38)36(2)15-17-11-18(25(27,28)29)13-19(12-17)26(30,31)32;1-2-6-4-3-5-1/h3-6,11-14,33H,7-10,15H2,1-2H3;5-6H,1-4H2. The van der Waals surface area contributed by atoms with Crippen LogP contribution in [0.25, 0.3) is 11.3 Å². The Morgan fingerprint density at radius 3 is 1.93 bits per heavy atom. The number of aryl methyl sites for hydroxylation is 1. The Morgan fingerprint density at radius 1 is 0.864 bits per heavy atom. The van der Waals surface area contributed by atoms with E-state index >= 15 is 0 Å². The summed E-state index contributed by atoms with van der Waals surface area (Å²) in [7, 11) is 1.31. The van der Waals surface area contributed by atoms with Crippen molar-refractivity contribution in [2.75, 3.05) is 64.3 Å². The van der Waals surface area contributed by atoms with Gasteiger partial charge in [-0.25, -0.2) is 9.97 Å². The fourth-order valence-corrected chi connectivity index (χ4v) is 4.86. The summed E-state index contributed by atoms with van der Waals surface area (Å²) in [5.74, 6) is -0.210. The van der Waals surface area contributed by atoms with E-state index in [4.69, 9.17) is 0 Å². The van der Waals surface area contributed by atoms with Gasteiger partial charge in [-0.3, -0.25) is 4.79 Å². The summed E-state index contributed by atoms with van der Waals surface area (Å²) >= 11 is 0. The van der Waals surface area contributed by atoms with Crippen LogP contribution in [0.4, 0.5) is 32.3 Å². The fraction of sp³-hybridized carbons (Fsp3) is 0.433. The quantitative estimate of drug-likeness (QED) is 0.365. The van der Waals surface area contributed by atoms with E-state index in [1.54, 1.807) is 12.1 Å². The number of anilines is 1. The van der Waals surface area contributed by atoms with Gasteiger partial charge < -0.3 is 25.8 Å². The van der Waals surface area contributed by atoms with Gasteiger partial charge in [0, 0.05) is 77.7 Å². The molecule has 238 valence electrons. The second-order valence-electron chi connectivity index (χ2n) is 10.6. The van der Waals surface area contributed by atoms with Crippen molar-refractivity contribution in [2.45, 2.75) is 25.8 Å². The van der Waals surface area contributed by atoms with Gasteiger partial charge in [0.05, 0.1) is 22.4 Å². The van der Waals surface area contributed by atoms with Gasteiger partial charge in [0.15, 0.2) is 0 Å². The number of carbonyl (C=O) groups excluding carboxylic acids is 1. The summed E-state index contributed by atoms with van der Waals surface area (Å²) in [4.78, 5) is 25.5. The van der Waals surface area contributed by atoms with Gasteiger partial charge in [0.2, 0.25) is 5.95 Å². The zero-order valence-corrected chi connectivity index (χ0v) is 24.4. The SMILES string of the molecule is C1CNCCN1.Cc1ccccc1-c1nc(N2CCNCC2)ncc1C(=O)N(C)Cc1cc(C(F)(F)F)cc(C(F)(F)F)c1. The van der Waals surface area contributed by atoms with Gasteiger partial charge in [-0.15, -0.1) is 0 Å². The summed E-state index contributed by atoms with van der Waals surface area (Å²) in [6, 6.07) is 8.55. The highest BCUT2D eigenvalue weighted by Gasteiger charge is 2.37. The van der Waals surface area contributed by atoms with E-state index < -0.39 is 35.9 Å². The van der Waals surface area contributed by atoms with Crippen LogP contribution in [0.5, 0.6) is 0 Å². The molecule has 2 aromatic carbocycles. The first-order valence-corrected chi connectivity index (χ1v) is 14.2. The number of aromatic nitrogens is 2. The Balaban J connectivity index is 0.000000657. The molecule has 0 atom stereocenters. The van der Waals surface area contributed by atoms with Gasteiger partial charge >= 0.3 is 12.4 Å². The number of amides is 1. The van der Waals surface area contributed by atoms with Crippen LogP contribution < -0.4 is 20.9 Å². The minimum atomic E-state index is -4.98. The lowest BCUT2D eigenvalue weighted by Crippen LogP contribution is -2.44. The molecule has 0 unspecified atom stereocenters. The van der Waals surface area contributed by atoms with E-state index in [0.717, 1.165) is 49.7 Å². The molecule has 2 aliphatic heterocycles. The average molecular weight is 624 g/mol. The largest absolute Gasteiger partial charge is 0.416 e. The van der Waals surface area contributed by atoms with Crippen LogP contribution in [0.2, 0.25) is 0 Å². The van der Waals surface area contributed by atoms with Crippen LogP contribution in [0, 0.1) is 6.92 Å². The molecular formula is C30H35F6N7O. The summed E-state index contributed by atoms with van der Waals surface area (Å²) < 4.78 is 79.8. The summed E-state index contributed by atoms with van der Waals surface area (Å²) in [5, 5.41) is 9.68. The lowest BCUT2D eigenvalue weighted by molar-refractivity contribution is -0.143. The normalized spacial score (nSPS) is 15.8. The maximum absolute atomic E-state index is 13.5. The Bertz CT molecular complexity index is 1380. The van der Waals surface area contributed by atoms with Gasteiger partial charge in [0.1, 0.15) is 0 Å². The minimum Gasteiger partial charge on any atom is -0.338 e. The Kier molecular flexibility index (Phi) is 10.8. The zero-order valence-electron chi connectivity index (χ0n) is 24.4. The number of hydrogen-bond acceptors (Lipinski definition) is 7. The number of carbonyl (C=O) groups is 1. The van der Waals surface area contributed by atoms with Crippen LogP contribution in [-0.4, -0.2) is 80.2 Å². The van der Waals surface area contributed by atoms with Crippen molar-refractivity contribution < 1.29 is 31.1 Å². The van der Waals surface area contributed by atoms with Gasteiger partial charge in [-0.05, 0) is 36.2 Å². The van der Waals surface area contributed by atoms with Crippen LogP contribution in [0.3, 0.4) is 0 Å². The number of nitrogens with one attached hydrogen (secondary N) is 3. The molecule has 3 aromatic rings. The number of alkyl halides is 6. The topological polar surface area (TPSA) is 85.4 Å². The van der Waals surface area contributed by atoms with E-state index in [9.17, 15) is 31.1 Å². The average Bonchev–Trinajstić information content (AvgIpc) is 3.01. The highest BCUT2D eigenvalue weighted by atomic mass is 19.4. The molecule has 2 saturated heterocycles. The molecule has 14 heteroatoms. The maximum Gasteiger partial charge on any atom is 0.416 e. The second kappa shape index (κ2) is 14.4. The zero-order chi connectivity index (χ0) is 31.9. The molecule has 5 rings (SSSR count). The van der Waals surface area contributed by atoms with Crippen molar-refractivity contribution in [3.8, 4) is 11.3 Å². The third kappa shape index (κ3) is 8.67. The van der Waals surface area contributed by atoms with E-state index in [2.05, 4.69) is 25.9 Å². The first-order chi connectivity index (χ1) is 20.8. The minimum absolute atomic E-state index is 0.0598. The lowest BCUT2D eigenvalue weighted by atomic mass is 10.0. The molecule has 44 heavy (non-hydrogen) atoms. The summed E-state index contributed by atoms with van der Waals surface area (Å²) in [6.07, 6.45) is -8.60. The third-order valence-corrected chi connectivity index (χ3v) is 7.18. The predicted octanol–water partition coefficient (Wildman–Crippen LogP) is 4.35. The predicted molar refractivity (Wildman–Crippen MR) is 155 cm³/mol. The molecular weight excluding hydrogens is 588 g/mol. The fourth-order valence-electron chi connectivity index (χ4n) is 4.86. The van der Waals surface area contributed by atoms with Crippen molar-refractivity contribution in [1.82, 2.24) is 30.8 Å². The van der Waals surface area contributed by atoms with Crippen molar-refractivity contribution in [1.29, 1.82) is 0 Å². The van der Waals surface area contributed by atoms with E-state index in [1.807, 2.05) is 24.0 Å². The molecule has 1 amide bonds. The maximum atomic E-state index is 13.5. The molecule has 0 spiro atoms. The van der Waals surface area contributed by atoms with E-state index in [1.165, 1.54) is 13.2 Å². The van der Waals surface area contributed by atoms with Crippen LogP contribution >= 0.6 is 0 Å². The first-order valence-electron chi connectivity index (χ1n) is 14.2. The molecule has 0 radical (unpaired) electrons. The van der Waals surface area contributed by atoms with E-state index in [-0.39, 0.29) is 17.2 Å². The molecule has 8 nitrogen and oxygen atoms in total. The Labute approximate surface area is 251 Å². The number of piperazine rings is 2. The van der Waals surface area contributed by atoms with Crippen molar-refractivity contribution in [3.05, 3.63) is 76.5 Å². The molecule has 3 N–H and O–H groups in total. The van der Waals surface area contributed by atoms with Crippen LogP contribution in [-0.2, 0) is 18.9 Å². The summed E-state index contributed by atoms with van der Waals surface area (Å²) in [5.41, 5.74) is -1.26. The molecule has 0 saturated carbocycles. The van der Waals surface area contributed by atoms with Crippen molar-refractivity contribution >= 4 is 11.9 Å². The molecule has 3 heterocycles. The Hall–Kier alpha value is -3.75. The van der Waals surface area contributed by atoms with Gasteiger partial charge in [-0.2, -0.15) is 26.3 Å². The molecule has 1 aromatic heterocycles. The number of hydrogen-bond donors (Lipinski definition) is 3. The second-order valence-corrected chi connectivity index (χ2v) is 10.6. The number of rotatable bonds is 5. The first kappa shape index (κ1) is 33.1. The third-order valence-electron chi connectivity index (χ3n) is 7.18. The van der Waals surface area contributed by atoms with Gasteiger partial charge in [-0.1, -0.05) is 24.3 Å². The molecule has 2 fully saturated rings. The number of benzene rings is 2. The molecule has 2 aliphatic rings. The lowest BCUT2D eigenvalue weighted by Gasteiger charge is -2.28. The molecule has 0 bridgehead atoms. The van der Waals surface area contributed by atoms with E-state index in [0.29, 0.717) is 42.4 Å². The van der Waals surface area contributed by atoms with Crippen molar-refractivity contribution in [2.24, 2.45) is 0 Å². The summed E-state index contributed by atoms with van der Waals surface area (Å²) in [6.45, 7) is 8.72. The number of halogens is 6. The number of nitrogens with zero attached hydrogens (tertiary/aromatic N) is 4. The van der Waals surface area contributed by atoms with Crippen molar-refractivity contribution in [3.63, 3.8) is 0 Å². The van der Waals surface area contributed by atoms with Crippen LogP contribution in [0.1, 0.15) is 32.6 Å². The smallest absolute Gasteiger partial charge is 0.338 e. The van der Waals surface area contributed by atoms with Gasteiger partial charge in [0.25, 0.3) is 5.91 Å². The highest BCUT2D eigenvalue weighted by Crippen LogP contribution is 2.37. The Morgan fingerprint density at radius 2 is 1.41 bits per heavy atom. The highest BCUT2D eigenvalue weighted by molar-refractivity contribution is 6.00.